The van der Waals surface area contributed by atoms with E-state index in [-0.39, 0.29) is 36.6 Å². The monoisotopic (exact) mass is 363 g/mol. The van der Waals surface area contributed by atoms with Gasteiger partial charge in [-0.3, -0.25) is 4.79 Å². The molecule has 0 aromatic heterocycles. The van der Waals surface area contributed by atoms with Gasteiger partial charge in [0.15, 0.2) is 0 Å². The van der Waals surface area contributed by atoms with E-state index in [1.165, 1.54) is 0 Å². The first kappa shape index (κ1) is 18.5. The van der Waals surface area contributed by atoms with Crippen LogP contribution in [0.5, 0.6) is 0 Å². The highest BCUT2D eigenvalue weighted by Gasteiger charge is 2.42. The molecule has 2 saturated heterocycles. The molecule has 3 amide bonds. The van der Waals surface area contributed by atoms with Crippen LogP contribution in [0.4, 0.5) is 4.79 Å². The molecule has 6 N–H and O–H groups in total. The van der Waals surface area contributed by atoms with Crippen LogP contribution < -0.4 is 16.0 Å². The Kier molecular flexibility index (Phi) is 6.71. The zero-order valence-corrected chi connectivity index (χ0v) is 14.8. The van der Waals surface area contributed by atoms with Gasteiger partial charge in [-0.05, 0) is 12.8 Å². The van der Waals surface area contributed by atoms with Gasteiger partial charge in [0.1, 0.15) is 0 Å². The molecule has 2 heterocycles. The van der Waals surface area contributed by atoms with Crippen LogP contribution in [-0.2, 0) is 4.79 Å². The third-order valence-electron chi connectivity index (χ3n) is 4.11. The number of amides is 3. The molecule has 0 bridgehead atoms. The third-order valence-corrected chi connectivity index (χ3v) is 6.54. The molecule has 8 nitrogen and oxygen atoms in total. The van der Waals surface area contributed by atoms with Crippen LogP contribution in [0, 0.1) is 0 Å². The molecule has 10 heteroatoms. The van der Waals surface area contributed by atoms with Gasteiger partial charge < -0.3 is 30.3 Å². The lowest BCUT2D eigenvalue weighted by molar-refractivity contribution is -0.121. The van der Waals surface area contributed by atoms with Crippen molar-refractivity contribution in [3.8, 4) is 0 Å². The number of rotatable bonds is 9. The minimum Gasteiger partial charge on any atom is -0.390 e. The Labute approximate surface area is 140 Å². The largest absolute Gasteiger partial charge is 0.494 e. The number of nitrogens with one attached hydrogen (secondary N) is 3. The van der Waals surface area contributed by atoms with E-state index in [1.807, 2.05) is 11.8 Å². The molecule has 0 radical (unpaired) electrons. The fraction of sp³-hybridized carbons (Fsp3) is 0.846. The highest BCUT2D eigenvalue weighted by molar-refractivity contribution is 8.00. The fourth-order valence-corrected chi connectivity index (χ4v) is 4.91. The summed E-state index contributed by atoms with van der Waals surface area (Å²) in [4.78, 5) is 49.3. The number of thioether (sulfide) groups is 1. The van der Waals surface area contributed by atoms with E-state index in [0.717, 1.165) is 31.4 Å². The Hall–Kier alpha value is -0.813. The van der Waals surface area contributed by atoms with Crippen LogP contribution in [0.1, 0.15) is 32.1 Å². The number of carbonyl (C=O) groups is 2. The maximum absolute atomic E-state index is 11.5. The van der Waals surface area contributed by atoms with Crippen molar-refractivity contribution in [2.45, 2.75) is 55.5 Å². The third kappa shape index (κ3) is 6.30. The van der Waals surface area contributed by atoms with Crippen molar-refractivity contribution in [3.63, 3.8) is 0 Å². The number of hydrogen-bond acceptors (Lipinski definition) is 6. The Morgan fingerprint density at radius 2 is 2.04 bits per heavy atom. The van der Waals surface area contributed by atoms with Crippen LogP contribution in [0.15, 0.2) is 0 Å². The summed E-state index contributed by atoms with van der Waals surface area (Å²) in [7, 11) is -4.05. The second kappa shape index (κ2) is 8.33. The van der Waals surface area contributed by atoms with Crippen molar-refractivity contribution in [1.82, 2.24) is 16.0 Å². The molecule has 2 aliphatic heterocycles. The van der Waals surface area contributed by atoms with Crippen molar-refractivity contribution in [2.24, 2.45) is 0 Å². The Balaban J connectivity index is 1.49. The molecular formula is C13H25N3O5SSi. The van der Waals surface area contributed by atoms with E-state index >= 15 is 0 Å². The van der Waals surface area contributed by atoms with Gasteiger partial charge in [0.2, 0.25) is 5.91 Å². The summed E-state index contributed by atoms with van der Waals surface area (Å²) in [5, 5.41) is 8.90. The first-order valence-corrected chi connectivity index (χ1v) is 11.1. The molecule has 0 aliphatic carbocycles. The Morgan fingerprint density at radius 1 is 1.26 bits per heavy atom. The van der Waals surface area contributed by atoms with Gasteiger partial charge in [-0.2, -0.15) is 11.8 Å². The van der Waals surface area contributed by atoms with E-state index in [0.29, 0.717) is 11.7 Å². The number of hydrogen-bond donors (Lipinski definition) is 6. The van der Waals surface area contributed by atoms with Crippen molar-refractivity contribution in [2.75, 3.05) is 12.3 Å². The number of fused-ring (bicyclic) bond motifs is 1. The molecule has 0 aromatic rings. The number of carbonyl (C=O) groups excluding carboxylic acids is 2. The second-order valence-corrected chi connectivity index (χ2v) is 9.42. The molecule has 2 aliphatic rings. The molecule has 0 aromatic carbocycles. The molecule has 3 unspecified atom stereocenters. The molecule has 2 rings (SSSR count). The predicted molar refractivity (Wildman–Crippen MR) is 88.8 cm³/mol. The first-order chi connectivity index (χ1) is 10.8. The topological polar surface area (TPSA) is 131 Å². The van der Waals surface area contributed by atoms with Crippen molar-refractivity contribution >= 4 is 32.5 Å². The molecular weight excluding hydrogens is 338 g/mol. The van der Waals surface area contributed by atoms with Gasteiger partial charge in [-0.15, -0.1) is 0 Å². The summed E-state index contributed by atoms with van der Waals surface area (Å²) in [6, 6.07) is 0.238. The van der Waals surface area contributed by atoms with Crippen LogP contribution >= 0.6 is 11.8 Å². The van der Waals surface area contributed by atoms with Gasteiger partial charge >= 0.3 is 14.8 Å². The van der Waals surface area contributed by atoms with Crippen LogP contribution in [-0.4, -0.2) is 64.8 Å². The fourth-order valence-electron chi connectivity index (χ4n) is 2.91. The smallest absolute Gasteiger partial charge is 0.390 e. The zero-order chi connectivity index (χ0) is 16.9. The van der Waals surface area contributed by atoms with Gasteiger partial charge in [0.25, 0.3) is 0 Å². The molecule has 2 fully saturated rings. The standard InChI is InChI=1S/C13H25N3O5SSi/c17-11(14-6-7-23(19,20)21)5-3-1-2-4-10-12-9(8-22-10)15-13(18)16-12/h9-10,12,19-21H,1-8H2,(H,14,17)(H2,15,16,18). The molecule has 132 valence electrons. The normalized spacial score (nSPS) is 26.6. The number of unbranched alkanes of at least 4 members (excludes halogenated alkanes) is 2. The minimum atomic E-state index is -4.05. The van der Waals surface area contributed by atoms with Gasteiger partial charge in [0.05, 0.1) is 12.1 Å². The lowest BCUT2D eigenvalue weighted by atomic mass is 10.0. The van der Waals surface area contributed by atoms with E-state index in [1.54, 1.807) is 0 Å². The van der Waals surface area contributed by atoms with E-state index in [4.69, 9.17) is 14.4 Å². The van der Waals surface area contributed by atoms with Gasteiger partial charge in [-0.25, -0.2) is 4.79 Å². The van der Waals surface area contributed by atoms with Crippen molar-refractivity contribution in [3.05, 3.63) is 0 Å². The predicted octanol–water partition coefficient (Wildman–Crippen LogP) is -0.866. The number of urea groups is 1. The van der Waals surface area contributed by atoms with Gasteiger partial charge in [0, 0.05) is 30.0 Å². The van der Waals surface area contributed by atoms with Crippen LogP contribution in [0.3, 0.4) is 0 Å². The van der Waals surface area contributed by atoms with E-state index < -0.39 is 8.80 Å². The molecule has 0 saturated carbocycles. The highest BCUT2D eigenvalue weighted by Crippen LogP contribution is 2.33. The summed E-state index contributed by atoms with van der Waals surface area (Å²) in [6.07, 6.45) is 4.18. The molecule has 23 heavy (non-hydrogen) atoms. The summed E-state index contributed by atoms with van der Waals surface area (Å²) in [6.45, 7) is 0.0863. The Bertz CT molecular complexity index is 434. The lowest BCUT2D eigenvalue weighted by Crippen LogP contribution is -2.39. The summed E-state index contributed by atoms with van der Waals surface area (Å²) >= 11 is 1.89. The average Bonchev–Trinajstić information content (AvgIpc) is 2.97. The maximum atomic E-state index is 11.5. The summed E-state index contributed by atoms with van der Waals surface area (Å²) in [5.41, 5.74) is 0. The van der Waals surface area contributed by atoms with E-state index in [2.05, 4.69) is 16.0 Å². The summed E-state index contributed by atoms with van der Waals surface area (Å²) in [5.74, 6) is 0.827. The quantitative estimate of drug-likeness (QED) is 0.179. The minimum absolute atomic E-state index is 0.0670. The van der Waals surface area contributed by atoms with Gasteiger partial charge in [-0.1, -0.05) is 12.8 Å². The van der Waals surface area contributed by atoms with E-state index in [9.17, 15) is 9.59 Å². The van der Waals surface area contributed by atoms with Crippen LogP contribution in [0.25, 0.3) is 0 Å². The summed E-state index contributed by atoms with van der Waals surface area (Å²) < 4.78 is 0. The van der Waals surface area contributed by atoms with Crippen molar-refractivity contribution < 1.29 is 24.0 Å². The Morgan fingerprint density at radius 3 is 2.78 bits per heavy atom. The average molecular weight is 364 g/mol. The van der Waals surface area contributed by atoms with Crippen molar-refractivity contribution in [1.29, 1.82) is 0 Å². The van der Waals surface area contributed by atoms with Crippen LogP contribution in [0.2, 0.25) is 6.04 Å². The zero-order valence-electron chi connectivity index (χ0n) is 13.0. The second-order valence-electron chi connectivity index (χ2n) is 6.10. The molecule has 3 atom stereocenters. The molecule has 0 spiro atoms. The maximum Gasteiger partial charge on any atom is 0.494 e. The highest BCUT2D eigenvalue weighted by atomic mass is 32.2. The SMILES string of the molecule is O=C(CCCCCC1SCC2NC(=O)NC21)NCC[Si](O)(O)O. The lowest BCUT2D eigenvalue weighted by Gasteiger charge is -2.16. The first-order valence-electron chi connectivity index (χ1n) is 7.97.